The summed E-state index contributed by atoms with van der Waals surface area (Å²) in [6.07, 6.45) is -0.500. The molecule has 0 saturated carbocycles. The van der Waals surface area contributed by atoms with E-state index < -0.39 is 39.5 Å². The zero-order valence-corrected chi connectivity index (χ0v) is 19.0. The minimum Gasteiger partial charge on any atom is -0.389 e. The molecule has 0 bridgehead atoms. The highest BCUT2D eigenvalue weighted by molar-refractivity contribution is 7.93. The van der Waals surface area contributed by atoms with Crippen LogP contribution in [-0.2, 0) is 33.2 Å². The van der Waals surface area contributed by atoms with Gasteiger partial charge in [0.25, 0.3) is 0 Å². The van der Waals surface area contributed by atoms with Gasteiger partial charge in [-0.3, -0.25) is 4.79 Å². The third kappa shape index (κ3) is 6.59. The summed E-state index contributed by atoms with van der Waals surface area (Å²) >= 11 is 0. The van der Waals surface area contributed by atoms with Gasteiger partial charge >= 0.3 is 0 Å². The summed E-state index contributed by atoms with van der Waals surface area (Å²) in [6, 6.07) is 7.60. The van der Waals surface area contributed by atoms with Crippen LogP contribution in [-0.4, -0.2) is 44.7 Å². The van der Waals surface area contributed by atoms with Crippen LogP contribution in [0, 0.1) is 11.6 Å². The van der Waals surface area contributed by atoms with Gasteiger partial charge in [0.05, 0.1) is 35.5 Å². The molecule has 178 valence electrons. The Morgan fingerprint density at radius 1 is 1.15 bits per heavy atom. The number of carbonyl (C=O) groups is 1. The molecule has 2 atom stereocenters. The number of rotatable bonds is 9. The first-order valence-electron chi connectivity index (χ1n) is 10.5. The zero-order chi connectivity index (χ0) is 24.2. The number of benzene rings is 2. The van der Waals surface area contributed by atoms with Gasteiger partial charge in [-0.15, -0.1) is 0 Å². The van der Waals surface area contributed by atoms with E-state index in [1.807, 2.05) is 19.1 Å². The summed E-state index contributed by atoms with van der Waals surface area (Å²) < 4.78 is 51.8. The molecule has 7 nitrogen and oxygen atoms in total. The molecule has 0 fully saturated rings. The smallest absolute Gasteiger partial charge is 0.234 e. The average Bonchev–Trinajstić information content (AvgIpc) is 2.75. The van der Waals surface area contributed by atoms with Gasteiger partial charge in [-0.25, -0.2) is 17.2 Å². The molecular formula is C23H27F2N3O4S. The topological polar surface area (TPSA) is 122 Å². The number of sulfone groups is 1. The number of hydrogen-bond donors (Lipinski definition) is 4. The van der Waals surface area contributed by atoms with E-state index >= 15 is 0 Å². The molecule has 2 aromatic carbocycles. The van der Waals surface area contributed by atoms with Crippen molar-refractivity contribution in [2.75, 3.05) is 13.1 Å². The first-order valence-corrected chi connectivity index (χ1v) is 12.2. The van der Waals surface area contributed by atoms with E-state index in [-0.39, 0.29) is 30.8 Å². The lowest BCUT2D eigenvalue weighted by atomic mass is 9.99. The van der Waals surface area contributed by atoms with Gasteiger partial charge in [-0.1, -0.05) is 19.1 Å². The van der Waals surface area contributed by atoms with Gasteiger partial charge in [0, 0.05) is 18.2 Å². The Bertz CT molecular complexity index is 1150. The largest absolute Gasteiger partial charge is 0.389 e. The van der Waals surface area contributed by atoms with Crippen LogP contribution in [0.3, 0.4) is 0 Å². The second-order valence-electron chi connectivity index (χ2n) is 7.99. The summed E-state index contributed by atoms with van der Waals surface area (Å²) in [5, 5.41) is 17.4. The van der Waals surface area contributed by atoms with Gasteiger partial charge < -0.3 is 21.5 Å². The molecule has 1 amide bonds. The van der Waals surface area contributed by atoms with E-state index in [1.165, 1.54) is 0 Å². The summed E-state index contributed by atoms with van der Waals surface area (Å²) in [7, 11) is -3.49. The fourth-order valence-electron chi connectivity index (χ4n) is 3.75. The Labute approximate surface area is 191 Å². The van der Waals surface area contributed by atoms with Crippen LogP contribution in [0.2, 0.25) is 0 Å². The molecule has 10 heteroatoms. The van der Waals surface area contributed by atoms with Crippen molar-refractivity contribution in [3.05, 3.63) is 75.7 Å². The van der Waals surface area contributed by atoms with Crippen LogP contribution in [0.1, 0.15) is 29.2 Å². The second-order valence-corrected chi connectivity index (χ2v) is 9.84. The van der Waals surface area contributed by atoms with E-state index in [2.05, 4.69) is 10.6 Å². The Morgan fingerprint density at radius 2 is 1.85 bits per heavy atom. The molecule has 0 spiro atoms. The van der Waals surface area contributed by atoms with Crippen molar-refractivity contribution >= 4 is 21.4 Å². The fourth-order valence-corrected chi connectivity index (χ4v) is 5.08. The minimum absolute atomic E-state index is 0.0584. The van der Waals surface area contributed by atoms with Crippen molar-refractivity contribution in [2.45, 2.75) is 37.7 Å². The number of nitrogens with one attached hydrogen (secondary N) is 2. The third-order valence-corrected chi connectivity index (χ3v) is 6.71. The quantitative estimate of drug-likeness (QED) is 0.431. The molecule has 0 saturated heterocycles. The van der Waals surface area contributed by atoms with Gasteiger partial charge in [-0.05, 0) is 47.7 Å². The lowest BCUT2D eigenvalue weighted by Gasteiger charge is -2.27. The first kappa shape index (κ1) is 24.8. The molecule has 0 aliphatic carbocycles. The molecule has 1 aliphatic rings. The van der Waals surface area contributed by atoms with Crippen molar-refractivity contribution in [3.63, 3.8) is 0 Å². The number of hydrogen-bond acceptors (Lipinski definition) is 6. The average molecular weight is 480 g/mol. The normalized spacial score (nSPS) is 16.3. The van der Waals surface area contributed by atoms with Crippen molar-refractivity contribution < 1.29 is 27.1 Å². The number of amides is 1. The maximum Gasteiger partial charge on any atom is 0.234 e. The molecule has 1 aliphatic heterocycles. The zero-order valence-electron chi connectivity index (χ0n) is 18.1. The molecule has 2 unspecified atom stereocenters. The summed E-state index contributed by atoms with van der Waals surface area (Å²) in [5.41, 5.74) is 8.35. The maximum absolute atomic E-state index is 13.6. The van der Waals surface area contributed by atoms with E-state index in [0.29, 0.717) is 11.3 Å². The first-order chi connectivity index (χ1) is 15.6. The number of aryl methyl sites for hydroxylation is 1. The van der Waals surface area contributed by atoms with Crippen molar-refractivity contribution in [3.8, 4) is 0 Å². The van der Waals surface area contributed by atoms with Gasteiger partial charge in [0.15, 0.2) is 9.84 Å². The number of halogens is 2. The lowest BCUT2D eigenvalue weighted by Crippen LogP contribution is -2.50. The van der Waals surface area contributed by atoms with Gasteiger partial charge in [0.2, 0.25) is 5.91 Å². The van der Waals surface area contributed by atoms with Crippen LogP contribution < -0.4 is 16.4 Å². The Hall–Kier alpha value is -2.82. The summed E-state index contributed by atoms with van der Waals surface area (Å²) in [6.45, 7) is 1.54. The lowest BCUT2D eigenvalue weighted by molar-refractivity contribution is -0.121. The predicted octanol–water partition coefficient (Wildman–Crippen LogP) is 1.39. The highest BCUT2D eigenvalue weighted by Gasteiger charge is 2.26. The van der Waals surface area contributed by atoms with E-state index in [1.54, 1.807) is 6.07 Å². The van der Waals surface area contributed by atoms with Crippen molar-refractivity contribution in [1.29, 1.82) is 0 Å². The standard InChI is InChI=1S/C23H27F2N3O4S/c1-2-14-3-4-16-12-33(31,32)13-21(19(16)7-14)27-11-22(29)20(28-23(30)10-26)8-15-5-17(24)9-18(25)6-15/h3-7,9,13,20,22,27,29H,2,8,10-12,26H2,1H3,(H,28,30). The molecule has 33 heavy (non-hydrogen) atoms. The highest BCUT2D eigenvalue weighted by Crippen LogP contribution is 2.28. The van der Waals surface area contributed by atoms with Crippen LogP contribution in [0.25, 0.3) is 5.70 Å². The Balaban J connectivity index is 1.81. The molecule has 0 aromatic heterocycles. The van der Waals surface area contributed by atoms with Crippen LogP contribution in [0.4, 0.5) is 8.78 Å². The van der Waals surface area contributed by atoms with Crippen molar-refractivity contribution in [2.24, 2.45) is 5.73 Å². The van der Waals surface area contributed by atoms with E-state index in [4.69, 9.17) is 5.73 Å². The maximum atomic E-state index is 13.6. The van der Waals surface area contributed by atoms with Crippen LogP contribution in [0.5, 0.6) is 0 Å². The SMILES string of the molecule is CCc1ccc2c(c1)C(NCC(O)C(Cc1cc(F)cc(F)c1)NC(=O)CN)=CS(=O)(=O)C2. The monoisotopic (exact) mass is 479 g/mol. The predicted molar refractivity (Wildman–Crippen MR) is 121 cm³/mol. The Kier molecular flexibility index (Phi) is 7.83. The molecule has 1 heterocycles. The van der Waals surface area contributed by atoms with Gasteiger partial charge in [-0.2, -0.15) is 0 Å². The van der Waals surface area contributed by atoms with Gasteiger partial charge in [0.1, 0.15) is 11.6 Å². The highest BCUT2D eigenvalue weighted by atomic mass is 32.2. The number of aliphatic hydroxyl groups excluding tert-OH is 1. The third-order valence-electron chi connectivity index (χ3n) is 5.40. The number of aliphatic hydroxyl groups is 1. The van der Waals surface area contributed by atoms with E-state index in [9.17, 15) is 27.1 Å². The summed E-state index contributed by atoms with van der Waals surface area (Å²) in [4.78, 5) is 11.9. The number of fused-ring (bicyclic) bond motifs is 1. The fraction of sp³-hybridized carbons (Fsp3) is 0.348. The molecular weight excluding hydrogens is 452 g/mol. The molecule has 5 N–H and O–H groups in total. The van der Waals surface area contributed by atoms with E-state index in [0.717, 1.165) is 41.2 Å². The summed E-state index contributed by atoms with van der Waals surface area (Å²) in [5.74, 6) is -2.21. The second kappa shape index (κ2) is 10.4. The van der Waals surface area contributed by atoms with Crippen LogP contribution in [0.15, 0.2) is 41.8 Å². The number of carbonyl (C=O) groups excluding carboxylic acids is 1. The minimum atomic E-state index is -3.49. The van der Waals surface area contributed by atoms with Crippen molar-refractivity contribution in [1.82, 2.24) is 10.6 Å². The molecule has 0 radical (unpaired) electrons. The van der Waals surface area contributed by atoms with Crippen LogP contribution >= 0.6 is 0 Å². The number of nitrogens with two attached hydrogens (primary N) is 1. The molecule has 2 aromatic rings. The molecule has 3 rings (SSSR count). The Morgan fingerprint density at radius 3 is 2.48 bits per heavy atom.